The Labute approximate surface area is 209 Å². The minimum atomic E-state index is -1.37. The van der Waals surface area contributed by atoms with Crippen molar-refractivity contribution >= 4 is 35.0 Å². The third kappa shape index (κ3) is 6.22. The average Bonchev–Trinajstić information content (AvgIpc) is 3.36. The van der Waals surface area contributed by atoms with Crippen molar-refractivity contribution in [3.63, 3.8) is 0 Å². The lowest BCUT2D eigenvalue weighted by molar-refractivity contribution is -0.142. The van der Waals surface area contributed by atoms with Gasteiger partial charge in [-0.3, -0.25) is 9.59 Å². The van der Waals surface area contributed by atoms with Crippen molar-refractivity contribution in [1.29, 1.82) is 0 Å². The first-order valence-electron chi connectivity index (χ1n) is 11.6. The zero-order chi connectivity index (χ0) is 26.5. The van der Waals surface area contributed by atoms with E-state index in [1.165, 1.54) is 7.11 Å². The predicted octanol–water partition coefficient (Wildman–Crippen LogP) is 4.59. The summed E-state index contributed by atoms with van der Waals surface area (Å²) in [6.07, 6.45) is 7.92. The quantitative estimate of drug-likeness (QED) is 0.245. The molecule has 2 aromatic rings. The van der Waals surface area contributed by atoms with E-state index in [0.29, 0.717) is 36.8 Å². The smallest absolute Gasteiger partial charge is 0.335 e. The van der Waals surface area contributed by atoms with Crippen LogP contribution in [0.25, 0.3) is 0 Å². The predicted molar refractivity (Wildman–Crippen MR) is 124 cm³/mol. The number of rotatable bonds is 6. The third-order valence-electron chi connectivity index (χ3n) is 6.61. The van der Waals surface area contributed by atoms with E-state index in [1.807, 2.05) is 6.08 Å². The molecule has 1 unspecified atom stereocenters. The Bertz CT molecular complexity index is 1270. The molecule has 1 aromatic carbocycles. The molecule has 13 heteroatoms. The third-order valence-corrected chi connectivity index (χ3v) is 6.61. The highest BCUT2D eigenvalue weighted by Crippen LogP contribution is 2.38. The number of methoxy groups -OCH3 is 1. The monoisotopic (exact) mass is 519 g/mol. The van der Waals surface area contributed by atoms with Crippen LogP contribution in [0.15, 0.2) is 38.9 Å². The number of nitrogens with zero attached hydrogens (tertiary/aromatic N) is 4. The largest absolute Gasteiger partial charge is 0.469 e. The molecule has 196 valence electrons. The first-order valence-corrected chi connectivity index (χ1v) is 11.6. The zero-order valence-corrected chi connectivity index (χ0v) is 19.8. The van der Waals surface area contributed by atoms with E-state index in [4.69, 9.17) is 9.15 Å². The molecule has 2 N–H and O–H groups in total. The fourth-order valence-electron chi connectivity index (χ4n) is 4.61. The molecule has 37 heavy (non-hydrogen) atoms. The summed E-state index contributed by atoms with van der Waals surface area (Å²) in [4.78, 5) is 27.9. The Morgan fingerprint density at radius 3 is 2.57 bits per heavy atom. The fraction of sp³-hybridized carbons (Fsp3) is 0.417. The molecule has 2 aliphatic carbocycles. The van der Waals surface area contributed by atoms with E-state index >= 15 is 0 Å². The van der Waals surface area contributed by atoms with Crippen molar-refractivity contribution in [2.24, 2.45) is 27.9 Å². The van der Waals surface area contributed by atoms with Crippen LogP contribution in [0.4, 0.5) is 24.9 Å². The molecule has 1 fully saturated rings. The number of aromatic nitrogens is 2. The SMILES string of the molecule is COC(=O)CC1CCC(C2C=CC(=NC(=O)c3nnc(Nc4cc(F)c(F)cc4F)o3)C(=NO)C2)CC1. The van der Waals surface area contributed by atoms with Gasteiger partial charge in [0.2, 0.25) is 0 Å². The number of amides is 1. The first-order chi connectivity index (χ1) is 17.8. The number of nitrogens with one attached hydrogen (secondary N) is 1. The van der Waals surface area contributed by atoms with E-state index in [1.54, 1.807) is 6.08 Å². The van der Waals surface area contributed by atoms with Crippen molar-refractivity contribution in [2.75, 3.05) is 12.4 Å². The summed E-state index contributed by atoms with van der Waals surface area (Å²) in [6.45, 7) is 0. The van der Waals surface area contributed by atoms with Gasteiger partial charge in [0.1, 0.15) is 11.5 Å². The summed E-state index contributed by atoms with van der Waals surface area (Å²) in [7, 11) is 1.38. The lowest BCUT2D eigenvalue weighted by Crippen LogP contribution is -2.29. The van der Waals surface area contributed by atoms with Crippen LogP contribution in [0, 0.1) is 35.2 Å². The van der Waals surface area contributed by atoms with E-state index in [0.717, 1.165) is 25.7 Å². The van der Waals surface area contributed by atoms with Crippen molar-refractivity contribution < 1.29 is 37.1 Å². The minimum Gasteiger partial charge on any atom is -0.469 e. The van der Waals surface area contributed by atoms with Crippen LogP contribution in [0.1, 0.15) is 49.2 Å². The Morgan fingerprint density at radius 1 is 1.14 bits per heavy atom. The maximum Gasteiger partial charge on any atom is 0.335 e. The number of oxime groups is 1. The maximum absolute atomic E-state index is 13.8. The number of anilines is 2. The molecule has 4 rings (SSSR count). The number of allylic oxidation sites excluding steroid dienone is 2. The molecule has 1 amide bonds. The van der Waals surface area contributed by atoms with Crippen molar-refractivity contribution in [3.05, 3.63) is 47.6 Å². The standard InChI is InChI=1S/C24H24F3N5O5/c1-36-21(33)8-12-2-4-13(5-3-12)14-6-7-18(20(9-14)32-35)28-22(34)23-30-31-24(37-23)29-19-11-16(26)15(25)10-17(19)27/h6-7,10-14,35H,2-5,8-9H2,1H3,(H,29,31). The number of aliphatic imine (C=N–C) groups is 1. The second-order valence-electron chi connectivity index (χ2n) is 8.92. The van der Waals surface area contributed by atoms with E-state index < -0.39 is 41.0 Å². The van der Waals surface area contributed by atoms with Gasteiger partial charge in [0.15, 0.2) is 11.6 Å². The van der Waals surface area contributed by atoms with Gasteiger partial charge in [0.05, 0.1) is 18.5 Å². The van der Waals surface area contributed by atoms with Crippen molar-refractivity contribution in [1.82, 2.24) is 10.2 Å². The summed E-state index contributed by atoms with van der Waals surface area (Å²) >= 11 is 0. The molecule has 0 spiro atoms. The molecule has 1 aromatic heterocycles. The van der Waals surface area contributed by atoms with E-state index in [-0.39, 0.29) is 23.3 Å². The van der Waals surface area contributed by atoms with Crippen LogP contribution < -0.4 is 5.32 Å². The number of hydrogen-bond donors (Lipinski definition) is 2. The average molecular weight is 519 g/mol. The van der Waals surface area contributed by atoms with Gasteiger partial charge in [-0.05, 0) is 49.5 Å². The van der Waals surface area contributed by atoms with Crippen molar-refractivity contribution in [2.45, 2.75) is 38.5 Å². The van der Waals surface area contributed by atoms with Crippen LogP contribution in [0.2, 0.25) is 0 Å². The van der Waals surface area contributed by atoms with Crippen LogP contribution in [0.5, 0.6) is 0 Å². The first kappa shape index (κ1) is 26.0. The van der Waals surface area contributed by atoms with Gasteiger partial charge in [0.25, 0.3) is 0 Å². The van der Waals surface area contributed by atoms with Crippen molar-refractivity contribution in [3.8, 4) is 0 Å². The number of ether oxygens (including phenoxy) is 1. The molecule has 10 nitrogen and oxygen atoms in total. The molecule has 0 radical (unpaired) electrons. The topological polar surface area (TPSA) is 139 Å². The summed E-state index contributed by atoms with van der Waals surface area (Å²) in [5.74, 6) is -4.73. The van der Waals surface area contributed by atoms with Gasteiger partial charge in [-0.2, -0.15) is 0 Å². The van der Waals surface area contributed by atoms with Gasteiger partial charge in [-0.25, -0.2) is 18.2 Å². The van der Waals surface area contributed by atoms with Crippen LogP contribution in [0.3, 0.4) is 0 Å². The summed E-state index contributed by atoms with van der Waals surface area (Å²) in [6, 6.07) is 0.472. The number of halogens is 3. The minimum absolute atomic E-state index is 0.0873. The summed E-state index contributed by atoms with van der Waals surface area (Å²) < 4.78 is 50.1. The lowest BCUT2D eigenvalue weighted by atomic mass is 9.72. The molecular formula is C24H24F3N5O5. The van der Waals surface area contributed by atoms with Crippen LogP contribution in [-0.2, 0) is 9.53 Å². The Balaban J connectivity index is 1.40. The molecule has 2 aliphatic rings. The molecule has 1 saturated carbocycles. The molecule has 0 saturated heterocycles. The molecule has 1 atom stereocenters. The number of carbonyl (C=O) groups is 2. The summed E-state index contributed by atoms with van der Waals surface area (Å²) in [5.41, 5.74) is -0.120. The second-order valence-corrected chi connectivity index (χ2v) is 8.92. The highest BCUT2D eigenvalue weighted by Gasteiger charge is 2.31. The van der Waals surface area contributed by atoms with Gasteiger partial charge in [0, 0.05) is 25.0 Å². The number of esters is 1. The highest BCUT2D eigenvalue weighted by molar-refractivity contribution is 6.48. The highest BCUT2D eigenvalue weighted by atomic mass is 19.2. The van der Waals surface area contributed by atoms with E-state index in [2.05, 4.69) is 25.7 Å². The van der Waals surface area contributed by atoms with Crippen LogP contribution in [-0.4, -0.2) is 45.8 Å². The van der Waals surface area contributed by atoms with Gasteiger partial charge in [-0.15, -0.1) is 5.10 Å². The molecule has 0 bridgehead atoms. The summed E-state index contributed by atoms with van der Waals surface area (Å²) in [5, 5.41) is 22.2. The zero-order valence-electron chi connectivity index (χ0n) is 19.8. The van der Waals surface area contributed by atoms with Gasteiger partial charge < -0.3 is 19.7 Å². The lowest BCUT2D eigenvalue weighted by Gasteiger charge is -2.33. The van der Waals surface area contributed by atoms with Crippen LogP contribution >= 0.6 is 0 Å². The second kappa shape index (κ2) is 11.4. The number of carbonyl (C=O) groups excluding carboxylic acids is 2. The number of benzene rings is 1. The Kier molecular flexibility index (Phi) is 7.99. The Morgan fingerprint density at radius 2 is 1.86 bits per heavy atom. The Hall–Kier alpha value is -4.03. The van der Waals surface area contributed by atoms with E-state index in [9.17, 15) is 28.0 Å². The van der Waals surface area contributed by atoms with Gasteiger partial charge in [-0.1, -0.05) is 16.3 Å². The number of hydrogen-bond acceptors (Lipinski definition) is 9. The maximum atomic E-state index is 13.8. The molecular weight excluding hydrogens is 495 g/mol. The van der Waals surface area contributed by atoms with Gasteiger partial charge >= 0.3 is 23.8 Å². The fourth-order valence-corrected chi connectivity index (χ4v) is 4.61. The molecule has 0 aliphatic heterocycles. The normalized spacial score (nSPS) is 23.8. The molecule has 1 heterocycles.